The fourth-order valence-corrected chi connectivity index (χ4v) is 2.72. The number of methoxy groups -OCH3 is 1. The molecule has 1 aromatic heterocycles. The van der Waals surface area contributed by atoms with E-state index in [9.17, 15) is 9.59 Å². The SMILES string of the molecule is COCOCC(C)(C)NCC(=O)N1CCCC1C(=O)c1nnc(C)o1. The van der Waals surface area contributed by atoms with E-state index in [-0.39, 0.29) is 30.9 Å². The Balaban J connectivity index is 1.90. The molecule has 1 aliphatic heterocycles. The first-order valence-corrected chi connectivity index (χ1v) is 8.29. The van der Waals surface area contributed by atoms with E-state index in [0.29, 0.717) is 25.5 Å². The van der Waals surface area contributed by atoms with Gasteiger partial charge in [-0.1, -0.05) is 0 Å². The van der Waals surface area contributed by atoms with Crippen LogP contribution < -0.4 is 5.32 Å². The van der Waals surface area contributed by atoms with Gasteiger partial charge in [-0.15, -0.1) is 10.2 Å². The molecule has 1 aliphatic rings. The molecule has 0 aromatic carbocycles. The van der Waals surface area contributed by atoms with E-state index in [1.807, 2.05) is 13.8 Å². The van der Waals surface area contributed by atoms with Crippen molar-refractivity contribution in [3.05, 3.63) is 11.8 Å². The number of carbonyl (C=O) groups excluding carboxylic acids is 2. The second-order valence-corrected chi connectivity index (χ2v) is 6.73. The molecular weight excluding hydrogens is 328 g/mol. The highest BCUT2D eigenvalue weighted by atomic mass is 16.7. The Hall–Kier alpha value is -1.84. The molecule has 1 aromatic rings. The number of Topliss-reactive ketones (excluding diaryl/α,β-unsaturated/α-hetero) is 1. The molecule has 9 heteroatoms. The van der Waals surface area contributed by atoms with Crippen LogP contribution in [0.1, 0.15) is 43.3 Å². The summed E-state index contributed by atoms with van der Waals surface area (Å²) in [7, 11) is 1.55. The Morgan fingerprint density at radius 1 is 1.40 bits per heavy atom. The summed E-state index contributed by atoms with van der Waals surface area (Å²) >= 11 is 0. The predicted octanol–water partition coefficient (Wildman–Crippen LogP) is 0.540. The maximum Gasteiger partial charge on any atom is 0.286 e. The summed E-state index contributed by atoms with van der Waals surface area (Å²) in [5.41, 5.74) is -0.392. The van der Waals surface area contributed by atoms with Crippen molar-refractivity contribution in [1.82, 2.24) is 20.4 Å². The summed E-state index contributed by atoms with van der Waals surface area (Å²) in [4.78, 5) is 26.6. The molecule has 1 fully saturated rings. The van der Waals surface area contributed by atoms with Crippen molar-refractivity contribution in [3.63, 3.8) is 0 Å². The van der Waals surface area contributed by atoms with Crippen LogP contribution in [0.5, 0.6) is 0 Å². The van der Waals surface area contributed by atoms with Gasteiger partial charge in [0, 0.05) is 26.1 Å². The quantitative estimate of drug-likeness (QED) is 0.389. The molecule has 25 heavy (non-hydrogen) atoms. The topological polar surface area (TPSA) is 107 Å². The summed E-state index contributed by atoms with van der Waals surface area (Å²) in [6.07, 6.45) is 1.38. The van der Waals surface area contributed by atoms with Crippen molar-refractivity contribution >= 4 is 11.7 Å². The second kappa shape index (κ2) is 8.50. The maximum atomic E-state index is 12.6. The zero-order chi connectivity index (χ0) is 18.4. The monoisotopic (exact) mass is 354 g/mol. The summed E-state index contributed by atoms with van der Waals surface area (Å²) in [6, 6.07) is -0.540. The van der Waals surface area contributed by atoms with E-state index in [1.54, 1.807) is 18.9 Å². The van der Waals surface area contributed by atoms with Gasteiger partial charge in [0.1, 0.15) is 12.8 Å². The van der Waals surface area contributed by atoms with Crippen LogP contribution in [0.3, 0.4) is 0 Å². The Kier molecular flexibility index (Phi) is 6.63. The number of nitrogens with zero attached hydrogens (tertiary/aromatic N) is 3. The lowest BCUT2D eigenvalue weighted by atomic mass is 10.1. The number of ether oxygens (including phenoxy) is 2. The molecule has 9 nitrogen and oxygen atoms in total. The molecule has 2 heterocycles. The van der Waals surface area contributed by atoms with Crippen molar-refractivity contribution in [2.24, 2.45) is 0 Å². The first kappa shape index (κ1) is 19.5. The van der Waals surface area contributed by atoms with Crippen molar-refractivity contribution in [2.45, 2.75) is 45.2 Å². The van der Waals surface area contributed by atoms with Crippen molar-refractivity contribution < 1.29 is 23.5 Å². The van der Waals surface area contributed by atoms with E-state index < -0.39 is 11.6 Å². The lowest BCUT2D eigenvalue weighted by Crippen LogP contribution is -2.51. The molecule has 0 radical (unpaired) electrons. The van der Waals surface area contributed by atoms with E-state index in [0.717, 1.165) is 6.42 Å². The number of likely N-dealkylation sites (tertiary alicyclic amines) is 1. The zero-order valence-corrected chi connectivity index (χ0v) is 15.2. The number of carbonyl (C=O) groups is 2. The summed E-state index contributed by atoms with van der Waals surface area (Å²) < 4.78 is 15.4. The van der Waals surface area contributed by atoms with Crippen LogP contribution in [0.2, 0.25) is 0 Å². The van der Waals surface area contributed by atoms with Crippen LogP contribution in [0.15, 0.2) is 4.42 Å². The average molecular weight is 354 g/mol. The molecule has 1 unspecified atom stereocenters. The molecule has 2 rings (SSSR count). The van der Waals surface area contributed by atoms with E-state index in [1.165, 1.54) is 0 Å². The third kappa shape index (κ3) is 5.32. The van der Waals surface area contributed by atoms with Crippen molar-refractivity contribution in [1.29, 1.82) is 0 Å². The predicted molar refractivity (Wildman–Crippen MR) is 88.0 cm³/mol. The van der Waals surface area contributed by atoms with Crippen LogP contribution in [-0.4, -0.2) is 72.0 Å². The molecule has 1 atom stereocenters. The zero-order valence-electron chi connectivity index (χ0n) is 15.2. The largest absolute Gasteiger partial charge is 0.419 e. The van der Waals surface area contributed by atoms with Gasteiger partial charge in [0.15, 0.2) is 0 Å². The Labute approximate surface area is 147 Å². The third-order valence-corrected chi connectivity index (χ3v) is 3.99. The highest BCUT2D eigenvalue weighted by molar-refractivity contribution is 5.98. The summed E-state index contributed by atoms with van der Waals surface area (Å²) in [5.74, 6) is -0.136. The van der Waals surface area contributed by atoms with E-state index in [2.05, 4.69) is 15.5 Å². The molecule has 0 aliphatic carbocycles. The lowest BCUT2D eigenvalue weighted by Gasteiger charge is -2.28. The molecular formula is C16H26N4O5. The van der Waals surface area contributed by atoms with Crippen LogP contribution in [0, 0.1) is 6.92 Å². The van der Waals surface area contributed by atoms with E-state index >= 15 is 0 Å². The number of hydrogen-bond acceptors (Lipinski definition) is 8. The number of aryl methyl sites for hydroxylation is 1. The normalized spacial score (nSPS) is 17.9. The van der Waals surface area contributed by atoms with Gasteiger partial charge in [0.25, 0.3) is 5.89 Å². The van der Waals surface area contributed by atoms with E-state index in [4.69, 9.17) is 13.9 Å². The van der Waals surface area contributed by atoms with Crippen molar-refractivity contribution in [3.8, 4) is 0 Å². The minimum absolute atomic E-state index is 0.0385. The highest BCUT2D eigenvalue weighted by Crippen LogP contribution is 2.21. The Bertz CT molecular complexity index is 601. The molecule has 1 saturated heterocycles. The van der Waals surface area contributed by atoms with Crippen molar-refractivity contribution in [2.75, 3.05) is 33.6 Å². The average Bonchev–Trinajstić information content (AvgIpc) is 3.21. The van der Waals surface area contributed by atoms with Gasteiger partial charge >= 0.3 is 0 Å². The standard InChI is InChI=1S/C16H26N4O5/c1-11-18-19-15(25-11)14(22)12-6-5-7-20(12)13(21)8-17-16(2,3)9-24-10-23-4/h12,17H,5-10H2,1-4H3. The van der Waals surface area contributed by atoms with Crippen LogP contribution in [-0.2, 0) is 14.3 Å². The number of nitrogens with one attached hydrogen (secondary N) is 1. The minimum Gasteiger partial charge on any atom is -0.419 e. The first-order valence-electron chi connectivity index (χ1n) is 8.29. The first-order chi connectivity index (χ1) is 11.8. The number of rotatable bonds is 9. The second-order valence-electron chi connectivity index (χ2n) is 6.73. The lowest BCUT2D eigenvalue weighted by molar-refractivity contribution is -0.131. The number of amides is 1. The maximum absolute atomic E-state index is 12.6. The minimum atomic E-state index is -0.540. The fraction of sp³-hybridized carbons (Fsp3) is 0.750. The Morgan fingerprint density at radius 2 is 2.16 bits per heavy atom. The highest BCUT2D eigenvalue weighted by Gasteiger charge is 2.37. The third-order valence-electron chi connectivity index (χ3n) is 3.99. The van der Waals surface area contributed by atoms with Gasteiger partial charge in [-0.3, -0.25) is 9.59 Å². The summed E-state index contributed by atoms with van der Waals surface area (Å²) in [6.45, 7) is 6.76. The number of aromatic nitrogens is 2. The molecule has 0 spiro atoms. The fourth-order valence-electron chi connectivity index (χ4n) is 2.72. The van der Waals surface area contributed by atoms with Gasteiger partial charge in [-0.05, 0) is 26.7 Å². The van der Waals surface area contributed by atoms with Crippen LogP contribution in [0.4, 0.5) is 0 Å². The van der Waals surface area contributed by atoms with Gasteiger partial charge in [0.2, 0.25) is 17.6 Å². The smallest absolute Gasteiger partial charge is 0.286 e. The summed E-state index contributed by atoms with van der Waals surface area (Å²) in [5, 5.41) is 10.6. The van der Waals surface area contributed by atoms with Crippen LogP contribution in [0.25, 0.3) is 0 Å². The Morgan fingerprint density at radius 3 is 2.80 bits per heavy atom. The molecule has 0 saturated carbocycles. The van der Waals surface area contributed by atoms with Gasteiger partial charge < -0.3 is 24.1 Å². The number of hydrogen-bond donors (Lipinski definition) is 1. The molecule has 0 bridgehead atoms. The van der Waals surface area contributed by atoms with Gasteiger partial charge in [-0.2, -0.15) is 0 Å². The number of ketones is 1. The molecule has 1 amide bonds. The van der Waals surface area contributed by atoms with Crippen LogP contribution >= 0.6 is 0 Å². The molecule has 140 valence electrons. The van der Waals surface area contributed by atoms with Gasteiger partial charge in [0.05, 0.1) is 13.2 Å². The molecule has 1 N–H and O–H groups in total. The van der Waals surface area contributed by atoms with Gasteiger partial charge in [-0.25, -0.2) is 0 Å².